The van der Waals surface area contributed by atoms with Gasteiger partial charge in [-0.1, -0.05) is 24.3 Å². The number of rotatable bonds is 5. The van der Waals surface area contributed by atoms with E-state index in [2.05, 4.69) is 49.8 Å². The van der Waals surface area contributed by atoms with Gasteiger partial charge in [-0.05, 0) is 40.2 Å². The van der Waals surface area contributed by atoms with E-state index in [1.165, 1.54) is 0 Å². The number of amides is 1. The summed E-state index contributed by atoms with van der Waals surface area (Å²) in [6.45, 7) is 7.56. The fraction of sp³-hybridized carbons (Fsp3) is 0.370. The normalized spacial score (nSPS) is 17.9. The van der Waals surface area contributed by atoms with Crippen LogP contribution in [0.25, 0.3) is 31.9 Å². The third-order valence-electron chi connectivity index (χ3n) is 5.83. The topological polar surface area (TPSA) is 99.1 Å². The summed E-state index contributed by atoms with van der Waals surface area (Å²) in [6, 6.07) is 7.84. The number of thiazole rings is 2. The van der Waals surface area contributed by atoms with Gasteiger partial charge in [-0.2, -0.15) is 0 Å². The number of alkyl carbamates (subject to hydrolysis) is 1. The molecule has 0 aliphatic heterocycles. The summed E-state index contributed by atoms with van der Waals surface area (Å²) < 4.78 is 12.6. The van der Waals surface area contributed by atoms with E-state index in [9.17, 15) is 4.79 Å². The van der Waals surface area contributed by atoms with E-state index in [0.29, 0.717) is 12.3 Å². The monoisotopic (exact) mass is 535 g/mol. The van der Waals surface area contributed by atoms with Gasteiger partial charge in [0.15, 0.2) is 0 Å². The second-order valence-electron chi connectivity index (χ2n) is 9.95. The number of hydrogen-bond donors (Lipinski definition) is 1. The van der Waals surface area contributed by atoms with Crippen molar-refractivity contribution in [2.75, 3.05) is 0 Å². The quantitative estimate of drug-likeness (QED) is 0.289. The van der Waals surface area contributed by atoms with E-state index in [1.54, 1.807) is 22.7 Å². The van der Waals surface area contributed by atoms with Gasteiger partial charge in [0, 0.05) is 42.3 Å². The second kappa shape index (κ2) is 10.5. The highest BCUT2D eigenvalue weighted by molar-refractivity contribution is 7.18. The molecule has 5 rings (SSSR count). The molecule has 0 radical (unpaired) electrons. The zero-order valence-corrected chi connectivity index (χ0v) is 22.9. The Morgan fingerprint density at radius 1 is 1.05 bits per heavy atom. The first-order valence-electron chi connectivity index (χ1n) is 12.2. The Labute approximate surface area is 223 Å². The molecule has 1 aromatic carbocycles. The predicted octanol–water partition coefficient (Wildman–Crippen LogP) is 6.57. The average Bonchev–Trinajstić information content (AvgIpc) is 3.44. The molecule has 0 bridgehead atoms. The smallest absolute Gasteiger partial charge is 0.407 e. The van der Waals surface area contributed by atoms with Crippen LogP contribution >= 0.6 is 22.7 Å². The molecular weight excluding hydrogens is 506 g/mol. The Kier molecular flexibility index (Phi) is 7.21. The van der Waals surface area contributed by atoms with Crippen LogP contribution in [-0.2, 0) is 4.74 Å². The molecule has 3 heterocycles. The van der Waals surface area contributed by atoms with Gasteiger partial charge >= 0.3 is 6.09 Å². The number of fused-ring (bicyclic) bond motifs is 1. The number of carbonyl (C=O) groups is 1. The number of nitrogens with one attached hydrogen (secondary N) is 1. The van der Waals surface area contributed by atoms with Crippen LogP contribution < -0.4 is 10.1 Å². The van der Waals surface area contributed by atoms with Gasteiger partial charge in [-0.25, -0.2) is 14.8 Å². The molecule has 1 aliphatic rings. The highest BCUT2D eigenvalue weighted by atomic mass is 32.1. The Bertz CT molecular complexity index is 1420. The fourth-order valence-corrected chi connectivity index (χ4v) is 5.88. The lowest BCUT2D eigenvalue weighted by molar-refractivity contribution is 0.0490. The van der Waals surface area contributed by atoms with Crippen LogP contribution in [0.3, 0.4) is 0 Å². The van der Waals surface area contributed by atoms with Crippen molar-refractivity contribution in [2.45, 2.75) is 64.7 Å². The van der Waals surface area contributed by atoms with Crippen molar-refractivity contribution in [2.24, 2.45) is 0 Å². The third kappa shape index (κ3) is 6.14. The molecule has 0 fully saturated rings. The molecular formula is C27H29N5O3S2. The number of hydrogen-bond acceptors (Lipinski definition) is 9. The molecule has 2 atom stereocenters. The maximum atomic E-state index is 12.2. The van der Waals surface area contributed by atoms with Crippen molar-refractivity contribution in [1.29, 1.82) is 0 Å². The minimum absolute atomic E-state index is 0.0775. The van der Waals surface area contributed by atoms with Crippen LogP contribution in [0.1, 0.15) is 45.0 Å². The van der Waals surface area contributed by atoms with Crippen LogP contribution in [0, 0.1) is 6.92 Å². The molecule has 0 spiro atoms. The van der Waals surface area contributed by atoms with Gasteiger partial charge in [0.2, 0.25) is 5.88 Å². The number of benzene rings is 1. The summed E-state index contributed by atoms with van der Waals surface area (Å²) >= 11 is 3.25. The Hall–Kier alpha value is -3.37. The molecule has 1 unspecified atom stereocenters. The first-order chi connectivity index (χ1) is 17.7. The minimum atomic E-state index is -0.539. The predicted molar refractivity (Wildman–Crippen MR) is 147 cm³/mol. The van der Waals surface area contributed by atoms with Crippen molar-refractivity contribution in [3.8, 4) is 27.6 Å². The Morgan fingerprint density at radius 2 is 1.86 bits per heavy atom. The standard InChI is InChI=1S/C27H29N5O3S2/c1-16-28-14-22(37-16)20-10-9-19(25-24(20)29-15-36-25)21-11-12-23(32-31-21)34-18-8-6-5-7-17(13-18)30-26(33)35-27(2,3)4/h5-6,9-12,14-15,17-18H,7-8,13H2,1-4H3,(H,30,33)/t17?,18-/m1/s1. The van der Waals surface area contributed by atoms with Gasteiger partial charge in [0.05, 0.1) is 31.3 Å². The third-order valence-corrected chi connectivity index (χ3v) is 7.63. The summed E-state index contributed by atoms with van der Waals surface area (Å²) in [5.41, 5.74) is 5.09. The van der Waals surface area contributed by atoms with Crippen molar-refractivity contribution < 1.29 is 14.3 Å². The minimum Gasteiger partial charge on any atom is -0.473 e. The van der Waals surface area contributed by atoms with Crippen molar-refractivity contribution in [3.63, 3.8) is 0 Å². The number of aryl methyl sites for hydroxylation is 1. The molecule has 8 nitrogen and oxygen atoms in total. The Balaban J connectivity index is 1.29. The van der Waals surface area contributed by atoms with E-state index >= 15 is 0 Å². The SMILES string of the molecule is Cc1ncc(-c2ccc(-c3ccc(O[C@@H]4CC=CCC(NC(=O)OC(C)(C)C)C4)nn3)c3scnc23)s1. The van der Waals surface area contributed by atoms with Crippen LogP contribution in [0.5, 0.6) is 5.88 Å². The second-order valence-corrected chi connectivity index (χ2v) is 12.0. The number of nitrogens with zero attached hydrogens (tertiary/aromatic N) is 4. The summed E-state index contributed by atoms with van der Waals surface area (Å²) in [6.07, 6.45) is 7.61. The van der Waals surface area contributed by atoms with Gasteiger partial charge in [0.1, 0.15) is 11.7 Å². The number of carbonyl (C=O) groups excluding carboxylic acids is 1. The maximum Gasteiger partial charge on any atom is 0.407 e. The molecule has 3 aromatic heterocycles. The van der Waals surface area contributed by atoms with E-state index in [0.717, 1.165) is 49.8 Å². The first kappa shape index (κ1) is 25.3. The lowest BCUT2D eigenvalue weighted by Crippen LogP contribution is -2.40. The van der Waals surface area contributed by atoms with Crippen LogP contribution in [0.15, 0.2) is 48.1 Å². The molecule has 10 heteroatoms. The first-order valence-corrected chi connectivity index (χ1v) is 13.9. The molecule has 0 saturated carbocycles. The van der Waals surface area contributed by atoms with Gasteiger partial charge in [0.25, 0.3) is 0 Å². The molecule has 0 saturated heterocycles. The van der Waals surface area contributed by atoms with Gasteiger partial charge in [-0.3, -0.25) is 0 Å². The fourth-order valence-electron chi connectivity index (χ4n) is 4.24. The molecule has 1 aliphatic carbocycles. The zero-order valence-electron chi connectivity index (χ0n) is 21.2. The molecule has 1 amide bonds. The molecule has 37 heavy (non-hydrogen) atoms. The van der Waals surface area contributed by atoms with Crippen molar-refractivity contribution in [1.82, 2.24) is 25.5 Å². The highest BCUT2D eigenvalue weighted by Gasteiger charge is 2.24. The van der Waals surface area contributed by atoms with E-state index < -0.39 is 11.7 Å². The van der Waals surface area contributed by atoms with Crippen LogP contribution in [0.4, 0.5) is 4.79 Å². The van der Waals surface area contributed by atoms with E-state index in [1.807, 2.05) is 51.5 Å². The number of aromatic nitrogens is 4. The van der Waals surface area contributed by atoms with Crippen molar-refractivity contribution in [3.05, 3.63) is 53.1 Å². The molecule has 4 aromatic rings. The van der Waals surface area contributed by atoms with E-state index in [-0.39, 0.29) is 12.1 Å². The zero-order chi connectivity index (χ0) is 26.0. The molecule has 1 N–H and O–H groups in total. The average molecular weight is 536 g/mol. The lowest BCUT2D eigenvalue weighted by atomic mass is 10.1. The highest BCUT2D eigenvalue weighted by Crippen LogP contribution is 2.38. The Morgan fingerprint density at radius 3 is 2.59 bits per heavy atom. The van der Waals surface area contributed by atoms with E-state index in [4.69, 9.17) is 9.47 Å². The molecule has 192 valence electrons. The largest absolute Gasteiger partial charge is 0.473 e. The summed E-state index contributed by atoms with van der Waals surface area (Å²) in [5.74, 6) is 0.456. The van der Waals surface area contributed by atoms with Gasteiger partial charge in [-0.15, -0.1) is 32.9 Å². The number of ether oxygens (including phenoxy) is 2. The van der Waals surface area contributed by atoms with Crippen LogP contribution in [-0.4, -0.2) is 44.0 Å². The van der Waals surface area contributed by atoms with Crippen molar-refractivity contribution >= 4 is 39.0 Å². The maximum absolute atomic E-state index is 12.2. The lowest BCUT2D eigenvalue weighted by Gasteiger charge is -2.24. The summed E-state index contributed by atoms with van der Waals surface area (Å²) in [7, 11) is 0. The summed E-state index contributed by atoms with van der Waals surface area (Å²) in [5, 5.41) is 12.8. The van der Waals surface area contributed by atoms with Gasteiger partial charge < -0.3 is 14.8 Å². The van der Waals surface area contributed by atoms with Crippen LogP contribution in [0.2, 0.25) is 0 Å². The summed E-state index contributed by atoms with van der Waals surface area (Å²) in [4.78, 5) is 22.3.